The Morgan fingerprint density at radius 1 is 0.917 bits per heavy atom. The average molecular weight is 351 g/mol. The molecule has 0 bridgehead atoms. The van der Waals surface area contributed by atoms with Gasteiger partial charge in [0.25, 0.3) is 5.79 Å². The van der Waals surface area contributed by atoms with Gasteiger partial charge >= 0.3 is 0 Å². The molecule has 3 aliphatic heterocycles. The molecule has 1 spiro atoms. The van der Waals surface area contributed by atoms with E-state index < -0.39 is 67.8 Å². The van der Waals surface area contributed by atoms with Crippen molar-refractivity contribution < 1.29 is 50.1 Å². The monoisotopic (exact) mass is 351 g/mol. The van der Waals surface area contributed by atoms with Crippen LogP contribution in [0.2, 0.25) is 0 Å². The SMILES string of the molecule is OC[C@@H]1O[C@@H](C2=NO[C@@]3(C2)O[C@H](CO)[C@H](O)[C@H](O)[C@H]3O)[C@H](O)[C@@H]1O. The minimum Gasteiger partial charge on any atom is -0.394 e. The van der Waals surface area contributed by atoms with Crippen LogP contribution in [0.15, 0.2) is 5.16 Å². The fraction of sp³-hybridized carbons (Fsp3) is 0.923. The van der Waals surface area contributed by atoms with Gasteiger partial charge in [0, 0.05) is 0 Å². The van der Waals surface area contributed by atoms with Gasteiger partial charge in [-0.25, -0.2) is 0 Å². The predicted molar refractivity (Wildman–Crippen MR) is 73.6 cm³/mol. The van der Waals surface area contributed by atoms with Crippen LogP contribution >= 0.6 is 0 Å². The van der Waals surface area contributed by atoms with Crippen molar-refractivity contribution in [1.82, 2.24) is 0 Å². The second kappa shape index (κ2) is 6.44. The number of rotatable bonds is 3. The molecule has 0 aromatic heterocycles. The van der Waals surface area contributed by atoms with Crippen molar-refractivity contribution in [1.29, 1.82) is 0 Å². The highest BCUT2D eigenvalue weighted by atomic mass is 16.8. The molecule has 2 fully saturated rings. The van der Waals surface area contributed by atoms with Crippen LogP contribution in [0.3, 0.4) is 0 Å². The Bertz CT molecular complexity index is 501. The van der Waals surface area contributed by atoms with E-state index in [1.807, 2.05) is 0 Å². The third kappa shape index (κ3) is 2.62. The van der Waals surface area contributed by atoms with Crippen LogP contribution in [0, 0.1) is 0 Å². The van der Waals surface area contributed by atoms with E-state index in [9.17, 15) is 30.6 Å². The Kier molecular flexibility index (Phi) is 4.81. The fourth-order valence-corrected chi connectivity index (χ4v) is 3.21. The molecule has 3 rings (SSSR count). The van der Waals surface area contributed by atoms with Gasteiger partial charge in [0.1, 0.15) is 42.7 Å². The van der Waals surface area contributed by atoms with Crippen molar-refractivity contribution in [3.8, 4) is 0 Å². The summed E-state index contributed by atoms with van der Waals surface area (Å²) in [4.78, 5) is 5.12. The summed E-state index contributed by atoms with van der Waals surface area (Å²) >= 11 is 0. The summed E-state index contributed by atoms with van der Waals surface area (Å²) in [7, 11) is 0. The number of aliphatic hydroxyl groups is 7. The summed E-state index contributed by atoms with van der Waals surface area (Å²) in [5.74, 6) is -1.85. The smallest absolute Gasteiger partial charge is 0.271 e. The molecule has 138 valence electrons. The lowest BCUT2D eigenvalue weighted by molar-refractivity contribution is -0.355. The molecule has 7 N–H and O–H groups in total. The van der Waals surface area contributed by atoms with E-state index in [0.717, 1.165) is 0 Å². The number of ether oxygens (including phenoxy) is 2. The van der Waals surface area contributed by atoms with Crippen molar-refractivity contribution in [2.24, 2.45) is 5.16 Å². The fourth-order valence-electron chi connectivity index (χ4n) is 3.21. The lowest BCUT2D eigenvalue weighted by Crippen LogP contribution is -2.65. The van der Waals surface area contributed by atoms with Gasteiger partial charge in [0.15, 0.2) is 6.10 Å². The molecule has 9 atom stereocenters. The lowest BCUT2D eigenvalue weighted by atomic mass is 9.88. The lowest BCUT2D eigenvalue weighted by Gasteiger charge is -2.44. The minimum absolute atomic E-state index is 0.0943. The molecular formula is C13H21NO10. The Morgan fingerprint density at radius 3 is 2.12 bits per heavy atom. The van der Waals surface area contributed by atoms with Crippen molar-refractivity contribution in [2.45, 2.75) is 61.0 Å². The van der Waals surface area contributed by atoms with Crippen LogP contribution in [-0.4, -0.2) is 109 Å². The molecule has 0 radical (unpaired) electrons. The molecule has 0 aliphatic carbocycles. The van der Waals surface area contributed by atoms with Gasteiger partial charge in [0.05, 0.1) is 25.3 Å². The van der Waals surface area contributed by atoms with Gasteiger partial charge in [0.2, 0.25) is 0 Å². The van der Waals surface area contributed by atoms with Gasteiger partial charge in [-0.05, 0) is 0 Å². The summed E-state index contributed by atoms with van der Waals surface area (Å²) in [6, 6.07) is 0. The summed E-state index contributed by atoms with van der Waals surface area (Å²) < 4.78 is 10.7. The Hall–Kier alpha value is -0.890. The molecule has 24 heavy (non-hydrogen) atoms. The number of hydrogen-bond acceptors (Lipinski definition) is 11. The first kappa shape index (κ1) is 17.9. The number of oxime groups is 1. The number of hydrogen-bond donors (Lipinski definition) is 7. The number of aliphatic hydroxyl groups excluding tert-OH is 7. The van der Waals surface area contributed by atoms with E-state index in [-0.39, 0.29) is 12.1 Å². The van der Waals surface area contributed by atoms with Crippen LogP contribution in [-0.2, 0) is 14.3 Å². The van der Waals surface area contributed by atoms with E-state index in [1.54, 1.807) is 0 Å². The van der Waals surface area contributed by atoms with Gasteiger partial charge in [-0.2, -0.15) is 0 Å². The van der Waals surface area contributed by atoms with Gasteiger partial charge in [-0.1, -0.05) is 5.16 Å². The zero-order valence-corrected chi connectivity index (χ0v) is 12.5. The average Bonchev–Trinajstić information content (AvgIpc) is 3.12. The molecule has 0 aromatic rings. The largest absolute Gasteiger partial charge is 0.394 e. The topological polar surface area (TPSA) is 182 Å². The molecule has 11 nitrogen and oxygen atoms in total. The van der Waals surface area contributed by atoms with Crippen molar-refractivity contribution in [2.75, 3.05) is 13.2 Å². The van der Waals surface area contributed by atoms with E-state index in [0.29, 0.717) is 0 Å². The Morgan fingerprint density at radius 2 is 1.54 bits per heavy atom. The molecule has 11 heteroatoms. The van der Waals surface area contributed by atoms with Crippen LogP contribution in [0.5, 0.6) is 0 Å². The maximum absolute atomic E-state index is 10.2. The second-order valence-electron chi connectivity index (χ2n) is 6.19. The van der Waals surface area contributed by atoms with Gasteiger partial charge in [-0.3, -0.25) is 0 Å². The molecular weight excluding hydrogens is 330 g/mol. The standard InChI is InChI=1S/C13H21NO10/c15-2-5-7(17)9(19)11(22-5)4-1-13(24-14-4)12(21)10(20)8(18)6(3-16)23-13/h5-12,15-21H,1-3H2/t5-,6+,7+,8-,9+,10-,11-,12+,13+/m0/s1. The minimum atomic E-state index is -1.85. The van der Waals surface area contributed by atoms with Crippen LogP contribution in [0.1, 0.15) is 6.42 Å². The molecule has 0 unspecified atom stereocenters. The molecule has 0 aromatic carbocycles. The van der Waals surface area contributed by atoms with Crippen molar-refractivity contribution in [3.63, 3.8) is 0 Å². The van der Waals surface area contributed by atoms with Crippen LogP contribution in [0.4, 0.5) is 0 Å². The normalized spacial score (nSPS) is 51.7. The van der Waals surface area contributed by atoms with E-state index in [2.05, 4.69) is 5.16 Å². The summed E-state index contributed by atoms with van der Waals surface area (Å²) in [5, 5.41) is 71.7. The zero-order chi connectivity index (χ0) is 17.6. The third-order valence-electron chi connectivity index (χ3n) is 4.65. The van der Waals surface area contributed by atoms with Crippen LogP contribution < -0.4 is 0 Å². The maximum atomic E-state index is 10.2. The Labute approximate surface area is 136 Å². The molecule has 2 saturated heterocycles. The highest BCUT2D eigenvalue weighted by Crippen LogP contribution is 2.39. The Balaban J connectivity index is 1.76. The summed E-state index contributed by atoms with van der Waals surface area (Å²) in [6.45, 7) is -1.14. The summed E-state index contributed by atoms with van der Waals surface area (Å²) in [6.07, 6.45) is -11.1. The number of nitrogens with zero attached hydrogens (tertiary/aromatic N) is 1. The van der Waals surface area contributed by atoms with E-state index in [1.165, 1.54) is 0 Å². The van der Waals surface area contributed by atoms with Gasteiger partial charge < -0.3 is 50.1 Å². The third-order valence-corrected chi connectivity index (χ3v) is 4.65. The molecule has 3 heterocycles. The van der Waals surface area contributed by atoms with Crippen molar-refractivity contribution >= 4 is 5.71 Å². The van der Waals surface area contributed by atoms with Gasteiger partial charge in [-0.15, -0.1) is 0 Å². The first-order chi connectivity index (χ1) is 11.3. The first-order valence-corrected chi connectivity index (χ1v) is 7.55. The van der Waals surface area contributed by atoms with E-state index >= 15 is 0 Å². The highest BCUT2D eigenvalue weighted by Gasteiger charge is 2.60. The molecule has 0 saturated carbocycles. The maximum Gasteiger partial charge on any atom is 0.271 e. The zero-order valence-electron chi connectivity index (χ0n) is 12.5. The van der Waals surface area contributed by atoms with E-state index in [4.69, 9.17) is 19.4 Å². The highest BCUT2D eigenvalue weighted by molar-refractivity contribution is 5.91. The first-order valence-electron chi connectivity index (χ1n) is 7.55. The molecule has 3 aliphatic rings. The quantitative estimate of drug-likeness (QED) is 0.261. The van der Waals surface area contributed by atoms with Crippen LogP contribution in [0.25, 0.3) is 0 Å². The molecule has 0 amide bonds. The summed E-state index contributed by atoms with van der Waals surface area (Å²) in [5.41, 5.74) is 0.0943. The predicted octanol–water partition coefficient (Wildman–Crippen LogP) is -4.59. The second-order valence-corrected chi connectivity index (χ2v) is 6.19. The van der Waals surface area contributed by atoms with Crippen molar-refractivity contribution in [3.05, 3.63) is 0 Å².